The minimum atomic E-state index is -6.00. The molecule has 18 heteroatoms. The Labute approximate surface area is 239 Å². The van der Waals surface area contributed by atoms with Crippen LogP contribution >= 0.6 is 0 Å². The molecule has 0 aliphatic heterocycles. The van der Waals surface area contributed by atoms with Crippen LogP contribution in [-0.4, -0.2) is 24.4 Å². The monoisotopic (exact) mass is 616 g/mol. The Morgan fingerprint density at radius 1 is 0.628 bits per heavy atom. The van der Waals surface area contributed by atoms with E-state index in [4.69, 9.17) is 0 Å². The van der Waals surface area contributed by atoms with Crippen molar-refractivity contribution < 1.29 is 53.5 Å². The Kier molecular flexibility index (Phi) is 11.4. The molecular weight excluding hydrogens is 594 g/mol. The maximum absolute atomic E-state index is 11.4. The second-order valence-electron chi connectivity index (χ2n) is 8.88. The first-order valence-electron chi connectivity index (χ1n) is 12.2. The van der Waals surface area contributed by atoms with Crippen LogP contribution in [0.1, 0.15) is 25.3 Å². The number of nitro groups is 2. The van der Waals surface area contributed by atoms with Gasteiger partial charge in [0, 0.05) is 48.0 Å². The number of halogens is 8. The van der Waals surface area contributed by atoms with E-state index in [1.165, 1.54) is 17.7 Å². The van der Waals surface area contributed by atoms with Crippen LogP contribution in [0.4, 0.5) is 45.9 Å². The Balaban J connectivity index is 0.000000559. The van der Waals surface area contributed by atoms with Crippen molar-refractivity contribution >= 4 is 25.9 Å². The Morgan fingerprint density at radius 3 is 1.44 bits per heavy atom. The van der Waals surface area contributed by atoms with Gasteiger partial charge in [-0.05, 0) is 17.0 Å². The minimum absolute atomic E-state index is 0.258. The zero-order valence-electron chi connectivity index (χ0n) is 22.3. The number of aromatic nitrogens is 2. The molecule has 0 unspecified atom stereocenters. The van der Waals surface area contributed by atoms with Gasteiger partial charge in [0.1, 0.15) is 6.07 Å². The predicted molar refractivity (Wildman–Crippen MR) is 143 cm³/mol. The maximum Gasteiger partial charge on any atom is 0.673 e. The summed E-state index contributed by atoms with van der Waals surface area (Å²) in [5.41, 5.74) is 3.95. The summed E-state index contributed by atoms with van der Waals surface area (Å²) >= 11 is 0. The van der Waals surface area contributed by atoms with Crippen molar-refractivity contribution in [3.8, 4) is 22.5 Å². The van der Waals surface area contributed by atoms with Crippen LogP contribution in [0.3, 0.4) is 0 Å². The fourth-order valence-electron chi connectivity index (χ4n) is 3.76. The van der Waals surface area contributed by atoms with Crippen LogP contribution in [0.15, 0.2) is 91.5 Å². The number of non-ortho nitro benzene ring substituents is 1. The number of hydrogen-bond donors (Lipinski definition) is 0. The van der Waals surface area contributed by atoms with Crippen LogP contribution in [0.25, 0.3) is 22.5 Å². The summed E-state index contributed by atoms with van der Waals surface area (Å²) in [6.45, 7) is 4.34. The van der Waals surface area contributed by atoms with Gasteiger partial charge in [0.15, 0.2) is 24.8 Å². The third-order valence-electron chi connectivity index (χ3n) is 5.47. The summed E-state index contributed by atoms with van der Waals surface area (Å²) in [5.74, 6) is 0.404. The lowest BCUT2D eigenvalue weighted by atomic mass is 10.0. The first-order valence-corrected chi connectivity index (χ1v) is 12.2. The molecule has 4 rings (SSSR count). The molecule has 43 heavy (non-hydrogen) atoms. The smallest absolute Gasteiger partial charge is 0.418 e. The van der Waals surface area contributed by atoms with Gasteiger partial charge >= 0.3 is 20.2 Å². The lowest BCUT2D eigenvalue weighted by molar-refractivity contribution is -0.600. The summed E-state index contributed by atoms with van der Waals surface area (Å²) in [7, 11) is -12.0. The van der Waals surface area contributed by atoms with Crippen LogP contribution in [0, 0.1) is 20.2 Å². The van der Waals surface area contributed by atoms with E-state index in [2.05, 4.69) is 30.5 Å². The Hall–Kier alpha value is -4.89. The molecule has 0 saturated carbocycles. The SMILES string of the molecule is CC(C)c1ccccc1-[n+]1ccc(-c2cc[n+](-c3ccc([N+](=O)[O-])cc3[N+](=O)[O-])cc2)cc1.F[B-](F)(F)F.F[B-](F)(F)F. The van der Waals surface area contributed by atoms with E-state index < -0.39 is 24.4 Å². The zero-order valence-corrected chi connectivity index (χ0v) is 22.3. The summed E-state index contributed by atoms with van der Waals surface area (Å²) in [5, 5.41) is 22.4. The number of nitro benzene ring substituents is 2. The highest BCUT2D eigenvalue weighted by molar-refractivity contribution is 6.50. The van der Waals surface area contributed by atoms with E-state index in [9.17, 15) is 54.8 Å². The average molecular weight is 616 g/mol. The van der Waals surface area contributed by atoms with Crippen molar-refractivity contribution in [2.24, 2.45) is 0 Å². The second kappa shape index (κ2) is 14.3. The van der Waals surface area contributed by atoms with E-state index in [-0.39, 0.29) is 17.1 Å². The number of nitrogens with zero attached hydrogens (tertiary/aromatic N) is 4. The van der Waals surface area contributed by atoms with Gasteiger partial charge in [-0.2, -0.15) is 9.13 Å². The van der Waals surface area contributed by atoms with Crippen molar-refractivity contribution in [2.45, 2.75) is 19.8 Å². The molecule has 0 fully saturated rings. The van der Waals surface area contributed by atoms with Gasteiger partial charge in [-0.25, -0.2) is 0 Å². The van der Waals surface area contributed by atoms with Crippen molar-refractivity contribution in [3.05, 3.63) is 117 Å². The van der Waals surface area contributed by atoms with Gasteiger partial charge in [-0.15, -0.1) is 0 Å². The topological polar surface area (TPSA) is 94.0 Å². The van der Waals surface area contributed by atoms with Crippen molar-refractivity contribution in [3.63, 3.8) is 0 Å². The Morgan fingerprint density at radius 2 is 1.05 bits per heavy atom. The van der Waals surface area contributed by atoms with Crippen molar-refractivity contribution in [2.75, 3.05) is 0 Å². The average Bonchev–Trinajstić information content (AvgIpc) is 2.91. The van der Waals surface area contributed by atoms with Gasteiger partial charge in [0.25, 0.3) is 11.4 Å². The molecule has 2 aromatic carbocycles. The van der Waals surface area contributed by atoms with Crippen LogP contribution in [0.2, 0.25) is 0 Å². The molecular formula is C25H22B2F8N4O4. The lowest BCUT2D eigenvalue weighted by Crippen LogP contribution is -2.31. The molecule has 0 radical (unpaired) electrons. The van der Waals surface area contributed by atoms with Gasteiger partial charge in [0.05, 0.1) is 9.85 Å². The third-order valence-corrected chi connectivity index (χ3v) is 5.47. The van der Waals surface area contributed by atoms with Gasteiger partial charge in [-0.3, -0.25) is 20.2 Å². The molecule has 0 spiro atoms. The Bertz CT molecular complexity index is 1530. The molecule has 0 bridgehead atoms. The zero-order chi connectivity index (χ0) is 32.5. The highest BCUT2D eigenvalue weighted by Gasteiger charge is 2.26. The third kappa shape index (κ3) is 11.5. The van der Waals surface area contributed by atoms with Crippen LogP contribution in [0.5, 0.6) is 0 Å². The lowest BCUT2D eigenvalue weighted by Gasteiger charge is -2.08. The number of hydrogen-bond acceptors (Lipinski definition) is 4. The molecule has 2 aromatic heterocycles. The molecule has 0 amide bonds. The first-order chi connectivity index (χ1) is 19.8. The number of rotatable bonds is 6. The van der Waals surface area contributed by atoms with E-state index in [1.54, 1.807) is 17.0 Å². The number of benzene rings is 2. The van der Waals surface area contributed by atoms with Crippen LogP contribution in [-0.2, 0) is 0 Å². The van der Waals surface area contributed by atoms with Gasteiger partial charge in [0.2, 0.25) is 5.69 Å². The first kappa shape index (κ1) is 34.3. The molecule has 2 heterocycles. The number of para-hydroxylation sites is 1. The predicted octanol–water partition coefficient (Wildman–Crippen LogP) is 7.45. The van der Waals surface area contributed by atoms with Crippen LogP contribution < -0.4 is 9.13 Å². The normalized spacial score (nSPS) is 11.1. The molecule has 0 saturated heterocycles. The molecule has 8 nitrogen and oxygen atoms in total. The molecule has 0 aliphatic carbocycles. The molecule has 0 atom stereocenters. The van der Waals surface area contributed by atoms with E-state index in [1.807, 2.05) is 48.8 Å². The summed E-state index contributed by atoms with van der Waals surface area (Å²) in [6.07, 6.45) is 7.44. The summed E-state index contributed by atoms with van der Waals surface area (Å²) in [4.78, 5) is 21.1. The maximum atomic E-state index is 11.4. The quantitative estimate of drug-likeness (QED) is 0.0740. The molecule has 4 aromatic rings. The summed E-state index contributed by atoms with van der Waals surface area (Å²) in [6, 6.07) is 19.7. The fraction of sp³-hybridized carbons (Fsp3) is 0.120. The van der Waals surface area contributed by atoms with E-state index >= 15 is 0 Å². The van der Waals surface area contributed by atoms with Gasteiger partial charge in [-0.1, -0.05) is 32.0 Å². The highest BCUT2D eigenvalue weighted by Crippen LogP contribution is 2.25. The van der Waals surface area contributed by atoms with E-state index in [0.29, 0.717) is 5.92 Å². The minimum Gasteiger partial charge on any atom is -0.418 e. The largest absolute Gasteiger partial charge is 0.673 e. The van der Waals surface area contributed by atoms with Crippen molar-refractivity contribution in [1.29, 1.82) is 0 Å². The van der Waals surface area contributed by atoms with Gasteiger partial charge < -0.3 is 34.5 Å². The highest BCUT2D eigenvalue weighted by atomic mass is 19.5. The molecule has 0 N–H and O–H groups in total. The standard InChI is InChI=1S/C25H22N4O4.2BF4/c1-18(2)22-5-3-4-6-23(22)26-13-9-19(10-14-26)20-11-15-27(16-12-20)24-8-7-21(28(30)31)17-25(24)29(32)33;2*2-1(3,4)5/h3-18H,1-2H3;;/q+2;2*-1. The molecule has 228 valence electrons. The van der Waals surface area contributed by atoms with E-state index in [0.717, 1.165) is 22.9 Å². The summed E-state index contributed by atoms with van der Waals surface area (Å²) < 4.78 is 81.7. The number of pyridine rings is 2. The molecule has 0 aliphatic rings. The van der Waals surface area contributed by atoms with Crippen molar-refractivity contribution in [1.82, 2.24) is 0 Å². The fourth-order valence-corrected chi connectivity index (χ4v) is 3.76. The second-order valence-corrected chi connectivity index (χ2v) is 8.88.